The minimum Gasteiger partial charge on any atom is -0.483 e. The molecule has 1 aromatic heterocycles. The maximum atomic E-state index is 12.8. The van der Waals surface area contributed by atoms with E-state index in [0.29, 0.717) is 21.9 Å². The van der Waals surface area contributed by atoms with Gasteiger partial charge in [0.05, 0.1) is 17.0 Å². The van der Waals surface area contributed by atoms with Crippen LogP contribution in [0.25, 0.3) is 0 Å². The van der Waals surface area contributed by atoms with Crippen molar-refractivity contribution in [1.29, 1.82) is 0 Å². The molecule has 0 radical (unpaired) electrons. The van der Waals surface area contributed by atoms with Crippen molar-refractivity contribution in [2.24, 2.45) is 0 Å². The summed E-state index contributed by atoms with van der Waals surface area (Å²) in [6.45, 7) is 5.16. The number of carbonyl (C=O) groups is 3. The quantitative estimate of drug-likeness (QED) is 0.478. The average Bonchev–Trinajstić information content (AvgIpc) is 3.10. The van der Waals surface area contributed by atoms with Gasteiger partial charge in [0.2, 0.25) is 0 Å². The van der Waals surface area contributed by atoms with E-state index in [9.17, 15) is 14.4 Å². The maximum Gasteiger partial charge on any atom is 0.341 e. The Bertz CT molecular complexity index is 1120. The Morgan fingerprint density at radius 3 is 2.31 bits per heavy atom. The topological polar surface area (TPSA) is 93.7 Å². The number of hydrogen-bond acceptors (Lipinski definition) is 6. The second kappa shape index (κ2) is 10.6. The van der Waals surface area contributed by atoms with E-state index in [1.807, 2.05) is 31.2 Å². The van der Waals surface area contributed by atoms with Crippen LogP contribution in [0.15, 0.2) is 54.6 Å². The van der Waals surface area contributed by atoms with Crippen LogP contribution in [0.1, 0.15) is 38.1 Å². The molecule has 0 unspecified atom stereocenters. The zero-order valence-corrected chi connectivity index (χ0v) is 18.9. The summed E-state index contributed by atoms with van der Waals surface area (Å²) >= 11 is 1.02. The first-order valence-electron chi connectivity index (χ1n) is 10.1. The highest BCUT2D eigenvalue weighted by Gasteiger charge is 2.26. The molecule has 166 valence electrons. The van der Waals surface area contributed by atoms with Crippen LogP contribution in [0, 0.1) is 13.8 Å². The van der Waals surface area contributed by atoms with Crippen molar-refractivity contribution in [2.75, 3.05) is 23.8 Å². The number of nitrogens with one attached hydrogen (secondary N) is 2. The molecule has 2 aromatic carbocycles. The fraction of sp³-hybridized carbons (Fsp3) is 0.208. The lowest BCUT2D eigenvalue weighted by atomic mass is 10.1. The van der Waals surface area contributed by atoms with E-state index in [-0.39, 0.29) is 29.7 Å². The fourth-order valence-corrected chi connectivity index (χ4v) is 4.11. The molecule has 32 heavy (non-hydrogen) atoms. The molecule has 3 aromatic rings. The smallest absolute Gasteiger partial charge is 0.341 e. The number of thiophene rings is 1. The van der Waals surface area contributed by atoms with Gasteiger partial charge in [-0.2, -0.15) is 0 Å². The lowest BCUT2D eigenvalue weighted by Crippen LogP contribution is -2.21. The van der Waals surface area contributed by atoms with Crippen LogP contribution in [0.4, 0.5) is 10.7 Å². The molecule has 7 nitrogen and oxygen atoms in total. The summed E-state index contributed by atoms with van der Waals surface area (Å²) in [5.74, 6) is -0.829. The number of aryl methyl sites for hydroxylation is 1. The molecule has 0 aliphatic carbocycles. The summed E-state index contributed by atoms with van der Waals surface area (Å²) < 4.78 is 10.7. The van der Waals surface area contributed by atoms with Gasteiger partial charge in [0.1, 0.15) is 10.8 Å². The van der Waals surface area contributed by atoms with Gasteiger partial charge in [-0.1, -0.05) is 36.4 Å². The van der Waals surface area contributed by atoms with E-state index in [4.69, 9.17) is 9.47 Å². The van der Waals surface area contributed by atoms with Crippen molar-refractivity contribution in [2.45, 2.75) is 20.8 Å². The first kappa shape index (κ1) is 23.0. The lowest BCUT2D eigenvalue weighted by Gasteiger charge is -2.10. The van der Waals surface area contributed by atoms with Crippen molar-refractivity contribution in [1.82, 2.24) is 0 Å². The minimum atomic E-state index is -0.602. The molecule has 0 saturated carbocycles. The summed E-state index contributed by atoms with van der Waals surface area (Å²) in [5.41, 5.74) is 2.14. The van der Waals surface area contributed by atoms with E-state index in [2.05, 4.69) is 10.6 Å². The molecule has 0 bridgehead atoms. The largest absolute Gasteiger partial charge is 0.483 e. The summed E-state index contributed by atoms with van der Waals surface area (Å²) in [7, 11) is 0. The van der Waals surface area contributed by atoms with E-state index >= 15 is 0 Å². The van der Waals surface area contributed by atoms with Gasteiger partial charge in [-0.05, 0) is 50.1 Å². The third kappa shape index (κ3) is 5.53. The van der Waals surface area contributed by atoms with Crippen molar-refractivity contribution < 1.29 is 23.9 Å². The van der Waals surface area contributed by atoms with Gasteiger partial charge in [-0.3, -0.25) is 9.59 Å². The normalized spacial score (nSPS) is 10.3. The van der Waals surface area contributed by atoms with Gasteiger partial charge in [0, 0.05) is 5.69 Å². The van der Waals surface area contributed by atoms with Crippen LogP contribution in [0.5, 0.6) is 5.75 Å². The highest BCUT2D eigenvalue weighted by atomic mass is 32.1. The van der Waals surface area contributed by atoms with Crippen LogP contribution < -0.4 is 15.4 Å². The SMILES string of the molecule is CCOC(=O)c1c(NC(=O)COc2ccccc2C)sc(C(=O)Nc2ccccc2)c1C. The number of anilines is 2. The van der Waals surface area contributed by atoms with Crippen LogP contribution in [-0.2, 0) is 9.53 Å². The second-order valence-corrected chi connectivity index (χ2v) is 7.92. The molecule has 0 atom stereocenters. The summed E-state index contributed by atoms with van der Waals surface area (Å²) in [5, 5.41) is 5.74. The fourth-order valence-electron chi connectivity index (χ4n) is 3.00. The highest BCUT2D eigenvalue weighted by Crippen LogP contribution is 2.34. The molecule has 3 rings (SSSR count). The minimum absolute atomic E-state index is 0.166. The average molecular weight is 453 g/mol. The Kier molecular flexibility index (Phi) is 7.62. The van der Waals surface area contributed by atoms with Gasteiger partial charge in [-0.25, -0.2) is 4.79 Å². The van der Waals surface area contributed by atoms with E-state index in [0.717, 1.165) is 16.9 Å². The lowest BCUT2D eigenvalue weighted by molar-refractivity contribution is -0.118. The van der Waals surface area contributed by atoms with Crippen LogP contribution in [0.3, 0.4) is 0 Å². The highest BCUT2D eigenvalue weighted by molar-refractivity contribution is 7.18. The molecular weight excluding hydrogens is 428 g/mol. The molecule has 0 saturated heterocycles. The number of hydrogen-bond donors (Lipinski definition) is 2. The van der Waals surface area contributed by atoms with Crippen molar-refractivity contribution in [3.05, 3.63) is 76.2 Å². The van der Waals surface area contributed by atoms with Gasteiger partial charge in [0.15, 0.2) is 6.61 Å². The third-order valence-corrected chi connectivity index (χ3v) is 5.78. The molecule has 8 heteroatoms. The number of amides is 2. The molecule has 0 aliphatic rings. The van der Waals surface area contributed by atoms with Gasteiger partial charge < -0.3 is 20.1 Å². The maximum absolute atomic E-state index is 12.8. The molecule has 1 heterocycles. The Morgan fingerprint density at radius 2 is 1.62 bits per heavy atom. The van der Waals surface area contributed by atoms with Gasteiger partial charge in [-0.15, -0.1) is 11.3 Å². The predicted molar refractivity (Wildman–Crippen MR) is 125 cm³/mol. The Balaban J connectivity index is 1.81. The van der Waals surface area contributed by atoms with Gasteiger partial charge in [0.25, 0.3) is 11.8 Å². The van der Waals surface area contributed by atoms with Crippen LogP contribution >= 0.6 is 11.3 Å². The Labute approximate surface area is 190 Å². The first-order chi connectivity index (χ1) is 15.4. The standard InChI is InChI=1S/C24H24N2O5S/c1-4-30-24(29)20-16(3)21(22(28)25-17-11-6-5-7-12-17)32-23(20)26-19(27)14-31-18-13-9-8-10-15(18)2/h5-13H,4,14H2,1-3H3,(H,25,28)(H,26,27). The number of ether oxygens (including phenoxy) is 2. The number of esters is 1. The zero-order valence-electron chi connectivity index (χ0n) is 18.1. The van der Waals surface area contributed by atoms with Crippen molar-refractivity contribution >= 4 is 39.8 Å². The molecule has 2 amide bonds. The summed E-state index contributed by atoms with van der Waals surface area (Å²) in [6, 6.07) is 16.3. The van der Waals surface area contributed by atoms with E-state index in [1.165, 1.54) is 0 Å². The van der Waals surface area contributed by atoms with Crippen molar-refractivity contribution in [3.63, 3.8) is 0 Å². The monoisotopic (exact) mass is 452 g/mol. The number of rotatable bonds is 8. The molecule has 0 spiro atoms. The van der Waals surface area contributed by atoms with E-state index < -0.39 is 11.9 Å². The zero-order chi connectivity index (χ0) is 23.1. The van der Waals surface area contributed by atoms with E-state index in [1.54, 1.807) is 44.2 Å². The first-order valence-corrected chi connectivity index (χ1v) is 10.9. The van der Waals surface area contributed by atoms with Crippen LogP contribution in [0.2, 0.25) is 0 Å². The molecule has 2 N–H and O–H groups in total. The number of carbonyl (C=O) groups excluding carboxylic acids is 3. The van der Waals surface area contributed by atoms with Crippen molar-refractivity contribution in [3.8, 4) is 5.75 Å². The third-order valence-electron chi connectivity index (χ3n) is 4.57. The summed E-state index contributed by atoms with van der Waals surface area (Å²) in [6.07, 6.45) is 0. The van der Waals surface area contributed by atoms with Crippen LogP contribution in [-0.4, -0.2) is 31.0 Å². The summed E-state index contributed by atoms with van der Waals surface area (Å²) in [4.78, 5) is 38.2. The number of benzene rings is 2. The van der Waals surface area contributed by atoms with Gasteiger partial charge >= 0.3 is 5.97 Å². The molecule has 0 fully saturated rings. The Morgan fingerprint density at radius 1 is 0.938 bits per heavy atom. The number of para-hydroxylation sites is 2. The Hall–Kier alpha value is -3.65. The molecule has 0 aliphatic heterocycles. The predicted octanol–water partition coefficient (Wildman–Crippen LogP) is 4.81. The second-order valence-electron chi connectivity index (χ2n) is 6.90. The molecular formula is C24H24N2O5S.